The Labute approximate surface area is 100 Å². The van der Waals surface area contributed by atoms with Gasteiger partial charge < -0.3 is 15.2 Å². The molecule has 1 unspecified atom stereocenters. The first-order chi connectivity index (χ1) is 8.17. The molecule has 1 aromatic rings. The van der Waals surface area contributed by atoms with Crippen LogP contribution in [0.25, 0.3) is 0 Å². The van der Waals surface area contributed by atoms with Crippen molar-refractivity contribution in [2.45, 2.75) is 19.6 Å². The molecule has 0 saturated heterocycles. The first-order valence-corrected chi connectivity index (χ1v) is 5.47. The van der Waals surface area contributed by atoms with Gasteiger partial charge in [0.25, 0.3) is 5.91 Å². The van der Waals surface area contributed by atoms with E-state index in [0.717, 1.165) is 11.3 Å². The lowest BCUT2D eigenvalue weighted by atomic mass is 10.1. The number of methoxy groups -OCH3 is 1. The van der Waals surface area contributed by atoms with Crippen molar-refractivity contribution in [2.75, 3.05) is 18.7 Å². The molecule has 0 radical (unpaired) electrons. The van der Waals surface area contributed by atoms with Crippen LogP contribution in [0.1, 0.15) is 12.5 Å². The van der Waals surface area contributed by atoms with Gasteiger partial charge in [0.05, 0.1) is 5.69 Å². The van der Waals surface area contributed by atoms with Crippen molar-refractivity contribution in [1.82, 2.24) is 0 Å². The zero-order chi connectivity index (χ0) is 12.4. The number of hydrogen-bond acceptors (Lipinski definition) is 4. The molecule has 1 aromatic carbocycles. The highest BCUT2D eigenvalue weighted by Crippen LogP contribution is 2.34. The Morgan fingerprint density at radius 3 is 2.94 bits per heavy atom. The number of carbonyl (C=O) groups excluding carboxylic acids is 1. The molecule has 0 bridgehead atoms. The molecule has 1 aliphatic heterocycles. The van der Waals surface area contributed by atoms with Crippen LogP contribution < -0.4 is 15.4 Å². The van der Waals surface area contributed by atoms with E-state index in [-0.39, 0.29) is 12.6 Å². The van der Waals surface area contributed by atoms with Gasteiger partial charge in [-0.15, -0.1) is 0 Å². The monoisotopic (exact) mass is 236 g/mol. The fraction of sp³-hybridized carbons (Fsp3) is 0.417. The fourth-order valence-electron chi connectivity index (χ4n) is 1.84. The summed E-state index contributed by atoms with van der Waals surface area (Å²) in [5.74, 6) is 0.583. The summed E-state index contributed by atoms with van der Waals surface area (Å²) in [6.07, 6.45) is -0.485. The van der Waals surface area contributed by atoms with Gasteiger partial charge in [0.2, 0.25) is 0 Å². The number of ether oxygens (including phenoxy) is 2. The van der Waals surface area contributed by atoms with Crippen molar-refractivity contribution in [3.05, 3.63) is 23.8 Å². The molecular weight excluding hydrogens is 220 g/mol. The van der Waals surface area contributed by atoms with Crippen LogP contribution in [-0.4, -0.2) is 25.9 Å². The predicted octanol–water partition coefficient (Wildman–Crippen LogP) is 0.863. The van der Waals surface area contributed by atoms with Gasteiger partial charge in [-0.05, 0) is 24.6 Å². The molecular formula is C12H16N2O3. The SMILES string of the molecule is COCN1C(=O)C(C)Oc2ccc(CN)cc21. The normalized spacial score (nSPS) is 18.9. The summed E-state index contributed by atoms with van der Waals surface area (Å²) in [6, 6.07) is 5.59. The van der Waals surface area contributed by atoms with E-state index in [2.05, 4.69) is 0 Å². The molecule has 0 aromatic heterocycles. The molecule has 0 aliphatic carbocycles. The predicted molar refractivity (Wildman–Crippen MR) is 63.8 cm³/mol. The minimum absolute atomic E-state index is 0.103. The number of amides is 1. The lowest BCUT2D eigenvalue weighted by Crippen LogP contribution is -2.45. The van der Waals surface area contributed by atoms with E-state index in [1.165, 1.54) is 0 Å². The number of nitrogens with zero attached hydrogens (tertiary/aromatic N) is 1. The molecule has 2 N–H and O–H groups in total. The van der Waals surface area contributed by atoms with Crippen LogP contribution >= 0.6 is 0 Å². The number of carbonyl (C=O) groups is 1. The lowest BCUT2D eigenvalue weighted by molar-refractivity contribution is -0.126. The van der Waals surface area contributed by atoms with Crippen molar-refractivity contribution >= 4 is 11.6 Å². The van der Waals surface area contributed by atoms with Gasteiger partial charge >= 0.3 is 0 Å². The average Bonchev–Trinajstić information content (AvgIpc) is 2.34. The molecule has 1 heterocycles. The fourth-order valence-corrected chi connectivity index (χ4v) is 1.84. The molecule has 5 heteroatoms. The van der Waals surface area contributed by atoms with E-state index in [1.807, 2.05) is 18.2 Å². The van der Waals surface area contributed by atoms with Crippen molar-refractivity contribution < 1.29 is 14.3 Å². The summed E-state index contributed by atoms with van der Waals surface area (Å²) in [5, 5.41) is 0. The summed E-state index contributed by atoms with van der Waals surface area (Å²) in [4.78, 5) is 13.5. The highest BCUT2D eigenvalue weighted by atomic mass is 16.5. The van der Waals surface area contributed by atoms with Crippen LogP contribution in [0.5, 0.6) is 5.75 Å². The van der Waals surface area contributed by atoms with Gasteiger partial charge in [0, 0.05) is 13.7 Å². The Morgan fingerprint density at radius 2 is 2.29 bits per heavy atom. The van der Waals surface area contributed by atoms with Crippen LogP contribution in [0.15, 0.2) is 18.2 Å². The third kappa shape index (κ3) is 2.11. The standard InChI is InChI=1S/C12H16N2O3/c1-8-12(15)14(7-16-2)10-5-9(6-13)3-4-11(10)17-8/h3-5,8H,6-7,13H2,1-2H3. The molecule has 1 aliphatic rings. The van der Waals surface area contributed by atoms with Gasteiger partial charge in [-0.3, -0.25) is 9.69 Å². The third-order valence-electron chi connectivity index (χ3n) is 2.73. The lowest BCUT2D eigenvalue weighted by Gasteiger charge is -2.32. The van der Waals surface area contributed by atoms with E-state index in [0.29, 0.717) is 12.3 Å². The minimum Gasteiger partial charge on any atom is -0.479 e. The molecule has 1 amide bonds. The van der Waals surface area contributed by atoms with Crippen molar-refractivity contribution in [1.29, 1.82) is 0 Å². The van der Waals surface area contributed by atoms with Gasteiger partial charge in [-0.1, -0.05) is 6.07 Å². The van der Waals surface area contributed by atoms with Crippen molar-refractivity contribution in [2.24, 2.45) is 5.73 Å². The van der Waals surface area contributed by atoms with Crippen molar-refractivity contribution in [3.8, 4) is 5.75 Å². The van der Waals surface area contributed by atoms with Gasteiger partial charge in [-0.2, -0.15) is 0 Å². The first-order valence-electron chi connectivity index (χ1n) is 5.47. The molecule has 0 spiro atoms. The van der Waals surface area contributed by atoms with Crippen LogP contribution in [0.4, 0.5) is 5.69 Å². The highest BCUT2D eigenvalue weighted by molar-refractivity contribution is 5.99. The Kier molecular flexibility index (Phi) is 3.31. The number of nitrogens with two attached hydrogens (primary N) is 1. The number of benzene rings is 1. The molecule has 17 heavy (non-hydrogen) atoms. The first kappa shape index (κ1) is 11.9. The van der Waals surface area contributed by atoms with E-state index in [1.54, 1.807) is 18.9 Å². The van der Waals surface area contributed by atoms with E-state index in [4.69, 9.17) is 15.2 Å². The summed E-state index contributed by atoms with van der Waals surface area (Å²) in [5.41, 5.74) is 7.26. The van der Waals surface area contributed by atoms with Crippen LogP contribution in [0.2, 0.25) is 0 Å². The number of fused-ring (bicyclic) bond motifs is 1. The largest absolute Gasteiger partial charge is 0.479 e. The highest BCUT2D eigenvalue weighted by Gasteiger charge is 2.31. The van der Waals surface area contributed by atoms with E-state index < -0.39 is 6.10 Å². The summed E-state index contributed by atoms with van der Waals surface area (Å²) < 4.78 is 10.6. The Bertz CT molecular complexity index is 434. The summed E-state index contributed by atoms with van der Waals surface area (Å²) in [7, 11) is 1.56. The van der Waals surface area contributed by atoms with Gasteiger partial charge in [-0.25, -0.2) is 0 Å². The molecule has 1 atom stereocenters. The number of hydrogen-bond donors (Lipinski definition) is 1. The zero-order valence-corrected chi connectivity index (χ0v) is 9.97. The Morgan fingerprint density at radius 1 is 1.53 bits per heavy atom. The smallest absolute Gasteiger partial charge is 0.269 e. The molecule has 5 nitrogen and oxygen atoms in total. The number of rotatable bonds is 3. The Hall–Kier alpha value is -1.59. The molecule has 0 fully saturated rings. The van der Waals surface area contributed by atoms with E-state index in [9.17, 15) is 4.79 Å². The van der Waals surface area contributed by atoms with Crippen molar-refractivity contribution in [3.63, 3.8) is 0 Å². The Balaban J connectivity index is 2.43. The summed E-state index contributed by atoms with van der Waals surface area (Å²) >= 11 is 0. The zero-order valence-electron chi connectivity index (χ0n) is 9.97. The van der Waals surface area contributed by atoms with Gasteiger partial charge in [0.15, 0.2) is 6.10 Å². The molecule has 0 saturated carbocycles. The maximum absolute atomic E-state index is 12.0. The van der Waals surface area contributed by atoms with Crippen LogP contribution in [0.3, 0.4) is 0 Å². The van der Waals surface area contributed by atoms with Gasteiger partial charge in [0.1, 0.15) is 12.5 Å². The topological polar surface area (TPSA) is 64.8 Å². The second-order valence-electron chi connectivity index (χ2n) is 3.95. The van der Waals surface area contributed by atoms with E-state index >= 15 is 0 Å². The third-order valence-corrected chi connectivity index (χ3v) is 2.73. The molecule has 2 rings (SSSR count). The quantitative estimate of drug-likeness (QED) is 0.845. The second-order valence-corrected chi connectivity index (χ2v) is 3.95. The maximum atomic E-state index is 12.0. The maximum Gasteiger partial charge on any atom is 0.269 e. The summed E-state index contributed by atoms with van der Waals surface area (Å²) in [6.45, 7) is 2.37. The second kappa shape index (κ2) is 4.73. The average molecular weight is 236 g/mol. The number of anilines is 1. The van der Waals surface area contributed by atoms with Crippen LogP contribution in [0, 0.1) is 0 Å². The minimum atomic E-state index is -0.485. The molecule has 92 valence electrons. The van der Waals surface area contributed by atoms with Crippen LogP contribution in [-0.2, 0) is 16.1 Å².